The number of hydrogen-bond donors (Lipinski definition) is 0. The summed E-state index contributed by atoms with van der Waals surface area (Å²) in [6.07, 6.45) is 3.83. The van der Waals surface area contributed by atoms with Crippen molar-refractivity contribution >= 4 is 21.5 Å². The summed E-state index contributed by atoms with van der Waals surface area (Å²) in [6, 6.07) is 31.4. The molecule has 0 nitrogen and oxygen atoms in total. The molecule has 0 radical (unpaired) electrons. The maximum atomic E-state index is 2.41. The van der Waals surface area contributed by atoms with Crippen molar-refractivity contribution < 1.29 is 0 Å². The minimum Gasteiger partial charge on any atom is -0.0616 e. The summed E-state index contributed by atoms with van der Waals surface area (Å²) in [6.45, 7) is 0. The fourth-order valence-corrected chi connectivity index (χ4v) is 4.25. The molecule has 24 heavy (non-hydrogen) atoms. The average Bonchev–Trinajstić information content (AvgIpc) is 2.61. The fraction of sp³-hybridized carbons (Fsp3) is 0.167. The number of benzene rings is 4. The number of rotatable bonds is 2. The molecule has 0 N–H and O–H groups in total. The van der Waals surface area contributed by atoms with Gasteiger partial charge in [0.05, 0.1) is 0 Å². The van der Waals surface area contributed by atoms with Gasteiger partial charge in [-0.3, -0.25) is 0 Å². The molecule has 0 aliphatic heterocycles. The van der Waals surface area contributed by atoms with Crippen molar-refractivity contribution in [2.75, 3.05) is 0 Å². The van der Waals surface area contributed by atoms with Crippen molar-refractivity contribution in [1.82, 2.24) is 0 Å². The smallest absolute Gasteiger partial charge is 0.0203 e. The van der Waals surface area contributed by atoms with Crippen molar-refractivity contribution in [2.24, 2.45) is 0 Å². The predicted molar refractivity (Wildman–Crippen MR) is 103 cm³/mol. The van der Waals surface area contributed by atoms with Crippen LogP contribution in [0.4, 0.5) is 0 Å². The van der Waals surface area contributed by atoms with Gasteiger partial charge in [-0.25, -0.2) is 0 Å². The minimum absolute atomic E-state index is 0.202. The highest BCUT2D eigenvalue weighted by atomic mass is 14.4. The van der Waals surface area contributed by atoms with Crippen LogP contribution in [0.15, 0.2) is 84.9 Å². The lowest BCUT2D eigenvalue weighted by molar-refractivity contribution is 0.302. The molecule has 0 spiro atoms. The molecule has 5 rings (SSSR count). The second-order valence-electron chi connectivity index (χ2n) is 7.06. The second-order valence-corrected chi connectivity index (χ2v) is 7.06. The van der Waals surface area contributed by atoms with Crippen LogP contribution in [0.3, 0.4) is 0 Å². The third-order valence-electron chi connectivity index (χ3n) is 5.81. The van der Waals surface area contributed by atoms with Gasteiger partial charge in [-0.2, -0.15) is 0 Å². The summed E-state index contributed by atoms with van der Waals surface area (Å²) in [7, 11) is 0. The molecule has 0 atom stereocenters. The molecular weight excluding hydrogens is 288 g/mol. The Kier molecular flexibility index (Phi) is 2.99. The Bertz CT molecular complexity index is 956. The van der Waals surface area contributed by atoms with E-state index in [2.05, 4.69) is 84.9 Å². The van der Waals surface area contributed by atoms with E-state index < -0.39 is 0 Å². The Morgan fingerprint density at radius 2 is 0.958 bits per heavy atom. The highest BCUT2D eigenvalue weighted by molar-refractivity contribution is 5.85. The summed E-state index contributed by atoms with van der Waals surface area (Å²) in [5.41, 5.74) is 3.15. The normalized spacial score (nSPS) is 16.2. The zero-order chi connectivity index (χ0) is 16.0. The van der Waals surface area contributed by atoms with Gasteiger partial charge in [-0.15, -0.1) is 0 Å². The molecule has 1 fully saturated rings. The molecule has 0 heteroatoms. The van der Waals surface area contributed by atoms with Crippen LogP contribution >= 0.6 is 0 Å². The van der Waals surface area contributed by atoms with E-state index in [1.54, 1.807) is 0 Å². The molecule has 0 bridgehead atoms. The first-order valence-electron chi connectivity index (χ1n) is 8.84. The molecule has 1 saturated carbocycles. The van der Waals surface area contributed by atoms with Gasteiger partial charge >= 0.3 is 0 Å². The van der Waals surface area contributed by atoms with E-state index in [-0.39, 0.29) is 5.41 Å². The van der Waals surface area contributed by atoms with Crippen molar-refractivity contribution in [1.29, 1.82) is 0 Å². The molecule has 4 aromatic rings. The first-order chi connectivity index (χ1) is 11.9. The van der Waals surface area contributed by atoms with Crippen LogP contribution in [-0.2, 0) is 5.41 Å². The van der Waals surface area contributed by atoms with Gasteiger partial charge in [0.1, 0.15) is 0 Å². The molecule has 0 aromatic heterocycles. The van der Waals surface area contributed by atoms with Crippen LogP contribution < -0.4 is 0 Å². The van der Waals surface area contributed by atoms with E-state index >= 15 is 0 Å². The molecule has 0 unspecified atom stereocenters. The Balaban J connectivity index is 1.69. The van der Waals surface area contributed by atoms with Gasteiger partial charge in [0, 0.05) is 5.41 Å². The second kappa shape index (κ2) is 5.21. The summed E-state index contributed by atoms with van der Waals surface area (Å²) in [5.74, 6) is 0. The molecule has 1 aliphatic rings. The van der Waals surface area contributed by atoms with Crippen LogP contribution in [0.2, 0.25) is 0 Å². The largest absolute Gasteiger partial charge is 0.0616 e. The van der Waals surface area contributed by atoms with E-state index in [9.17, 15) is 0 Å². The molecule has 0 saturated heterocycles. The highest BCUT2D eigenvalue weighted by Gasteiger charge is 2.40. The van der Waals surface area contributed by atoms with Crippen LogP contribution in [0, 0.1) is 0 Å². The third kappa shape index (κ3) is 1.99. The summed E-state index contributed by atoms with van der Waals surface area (Å²) in [5, 5.41) is 5.35. The van der Waals surface area contributed by atoms with Gasteiger partial charge in [-0.05, 0) is 45.5 Å². The number of hydrogen-bond acceptors (Lipinski definition) is 0. The van der Waals surface area contributed by atoms with E-state index in [0.29, 0.717) is 0 Å². The van der Waals surface area contributed by atoms with Crippen molar-refractivity contribution in [3.8, 4) is 0 Å². The van der Waals surface area contributed by atoms with Crippen molar-refractivity contribution in [3.63, 3.8) is 0 Å². The van der Waals surface area contributed by atoms with Crippen LogP contribution in [0.25, 0.3) is 21.5 Å². The molecule has 1 aliphatic carbocycles. The van der Waals surface area contributed by atoms with Gasteiger partial charge in [0.25, 0.3) is 0 Å². The number of fused-ring (bicyclic) bond motifs is 2. The third-order valence-corrected chi connectivity index (χ3v) is 5.81. The van der Waals surface area contributed by atoms with Crippen LogP contribution in [0.1, 0.15) is 30.4 Å². The molecular formula is C24H20. The summed E-state index contributed by atoms with van der Waals surface area (Å²) < 4.78 is 0. The van der Waals surface area contributed by atoms with E-state index in [1.165, 1.54) is 51.9 Å². The maximum Gasteiger partial charge on any atom is 0.0203 e. The maximum absolute atomic E-state index is 2.41. The van der Waals surface area contributed by atoms with E-state index in [1.807, 2.05) is 0 Å². The molecule has 4 aromatic carbocycles. The van der Waals surface area contributed by atoms with Gasteiger partial charge < -0.3 is 0 Å². The zero-order valence-electron chi connectivity index (χ0n) is 13.7. The summed E-state index contributed by atoms with van der Waals surface area (Å²) >= 11 is 0. The Hall–Kier alpha value is -2.60. The fourth-order valence-electron chi connectivity index (χ4n) is 4.25. The van der Waals surface area contributed by atoms with Crippen LogP contribution in [0.5, 0.6) is 0 Å². The van der Waals surface area contributed by atoms with E-state index in [0.717, 1.165) is 0 Å². The SMILES string of the molecule is c1ccc2cc(C3(c4ccc5ccccc5c4)CCC3)ccc2c1. The van der Waals surface area contributed by atoms with Crippen molar-refractivity contribution in [2.45, 2.75) is 24.7 Å². The molecule has 116 valence electrons. The van der Waals surface area contributed by atoms with E-state index in [4.69, 9.17) is 0 Å². The lowest BCUT2D eigenvalue weighted by Gasteiger charge is -2.43. The molecule has 0 amide bonds. The first kappa shape index (κ1) is 13.8. The summed E-state index contributed by atoms with van der Waals surface area (Å²) in [4.78, 5) is 0. The zero-order valence-corrected chi connectivity index (χ0v) is 13.7. The van der Waals surface area contributed by atoms with Crippen LogP contribution in [-0.4, -0.2) is 0 Å². The van der Waals surface area contributed by atoms with Gasteiger partial charge in [0.15, 0.2) is 0 Å². The Morgan fingerprint density at radius 1 is 0.500 bits per heavy atom. The van der Waals surface area contributed by atoms with Gasteiger partial charge in [0.2, 0.25) is 0 Å². The minimum atomic E-state index is 0.202. The standard InChI is InChI=1S/C24H20/c1-3-8-20-16-22(12-10-18(20)6-1)24(14-5-15-24)23-13-11-19-7-2-4-9-21(19)17-23/h1-4,6-13,16-17H,5,14-15H2. The predicted octanol–water partition coefficient (Wildman–Crippen LogP) is 6.46. The highest BCUT2D eigenvalue weighted by Crippen LogP contribution is 2.49. The average molecular weight is 308 g/mol. The quantitative estimate of drug-likeness (QED) is 0.398. The molecule has 0 heterocycles. The lowest BCUT2D eigenvalue weighted by atomic mass is 9.60. The Labute approximate surface area is 142 Å². The lowest BCUT2D eigenvalue weighted by Crippen LogP contribution is -2.35. The first-order valence-corrected chi connectivity index (χ1v) is 8.84. The van der Waals surface area contributed by atoms with Crippen molar-refractivity contribution in [3.05, 3.63) is 96.1 Å². The monoisotopic (exact) mass is 308 g/mol. The topological polar surface area (TPSA) is 0 Å². The Morgan fingerprint density at radius 3 is 1.38 bits per heavy atom. The van der Waals surface area contributed by atoms with Gasteiger partial charge in [-0.1, -0.05) is 91.3 Å².